The molecule has 0 bridgehead atoms. The maximum absolute atomic E-state index is 15.5. The Morgan fingerprint density at radius 1 is 1.06 bits per heavy atom. The maximum Gasteiger partial charge on any atom is 0.247 e. The normalized spacial score (nSPS) is 16.9. The van der Waals surface area contributed by atoms with Gasteiger partial charge in [0, 0.05) is 53.5 Å². The predicted octanol–water partition coefficient (Wildman–Crippen LogP) is 3.83. The number of hydrogen-bond donors (Lipinski definition) is 4. The number of ether oxygens (including phenoxy) is 1. The van der Waals surface area contributed by atoms with E-state index in [1.807, 2.05) is 14.1 Å². The third kappa shape index (κ3) is 9.39. The van der Waals surface area contributed by atoms with E-state index in [0.717, 1.165) is 44.2 Å². The van der Waals surface area contributed by atoms with Crippen LogP contribution in [0, 0.1) is 17.7 Å². The number of anilines is 1. The fourth-order valence-electron chi connectivity index (χ4n) is 5.71. The standard InChI is InChI=1S/C34H42FN9O3/c1-44(2)16-3-17-47-31-15-11-26(21-37-31)28-14-6-23(18-29(28)35)19-30(39-33(45)25-7-4-22(20-36)5-8-25)34(46)38-27-12-9-24(10-13-27)32-40-42-43-41-32/h6,9-15,18,21-22,25,30H,3-5,7-8,16-17,19-20,36H2,1-2H3,(H,38,46)(H,39,45)(H,40,41,42,43). The number of nitrogens with one attached hydrogen (secondary N) is 3. The molecule has 1 aliphatic carbocycles. The fraction of sp³-hybridized carbons (Fsp3) is 0.412. The van der Waals surface area contributed by atoms with Gasteiger partial charge in [0.25, 0.3) is 0 Å². The molecule has 2 aromatic heterocycles. The van der Waals surface area contributed by atoms with Crippen LogP contribution in [0.2, 0.25) is 0 Å². The number of rotatable bonds is 14. The molecule has 1 saturated carbocycles. The van der Waals surface area contributed by atoms with Crippen molar-refractivity contribution in [1.82, 2.24) is 35.8 Å². The molecule has 1 atom stereocenters. The number of H-pyrrole nitrogens is 1. The smallest absolute Gasteiger partial charge is 0.247 e. The highest BCUT2D eigenvalue weighted by Gasteiger charge is 2.29. The van der Waals surface area contributed by atoms with Gasteiger partial charge in [-0.15, -0.1) is 10.2 Å². The molecule has 5 rings (SSSR count). The van der Waals surface area contributed by atoms with Crippen LogP contribution in [0.4, 0.5) is 10.1 Å². The maximum atomic E-state index is 15.5. The molecule has 1 fully saturated rings. The summed E-state index contributed by atoms with van der Waals surface area (Å²) in [5.74, 6) is 0.0904. The second-order valence-electron chi connectivity index (χ2n) is 12.2. The number of pyridine rings is 1. The summed E-state index contributed by atoms with van der Waals surface area (Å²) in [6.45, 7) is 2.06. The zero-order valence-electron chi connectivity index (χ0n) is 26.8. The van der Waals surface area contributed by atoms with Crippen LogP contribution in [-0.4, -0.2) is 82.2 Å². The minimum absolute atomic E-state index is 0.103. The molecule has 0 radical (unpaired) electrons. The lowest BCUT2D eigenvalue weighted by Crippen LogP contribution is -2.48. The zero-order valence-corrected chi connectivity index (χ0v) is 26.8. The number of nitrogens with two attached hydrogens (primary N) is 1. The topological polar surface area (TPSA) is 164 Å². The molecule has 1 unspecified atom stereocenters. The lowest BCUT2D eigenvalue weighted by atomic mass is 9.81. The van der Waals surface area contributed by atoms with Gasteiger partial charge >= 0.3 is 0 Å². The summed E-state index contributed by atoms with van der Waals surface area (Å²) in [4.78, 5) is 33.3. The van der Waals surface area contributed by atoms with Crippen LogP contribution in [-0.2, 0) is 16.0 Å². The van der Waals surface area contributed by atoms with E-state index in [1.54, 1.807) is 54.7 Å². The zero-order chi connectivity index (χ0) is 33.2. The Balaban J connectivity index is 1.27. The Bertz CT molecular complexity index is 1590. The van der Waals surface area contributed by atoms with E-state index in [9.17, 15) is 9.59 Å². The number of halogens is 1. The largest absolute Gasteiger partial charge is 0.478 e. The molecular formula is C34H42FN9O3. The first-order valence-electron chi connectivity index (χ1n) is 16.0. The number of aromatic amines is 1. The van der Waals surface area contributed by atoms with Crippen LogP contribution in [0.3, 0.4) is 0 Å². The first-order valence-corrected chi connectivity index (χ1v) is 16.0. The molecule has 248 valence electrons. The van der Waals surface area contributed by atoms with E-state index in [0.29, 0.717) is 53.2 Å². The highest BCUT2D eigenvalue weighted by atomic mass is 19.1. The van der Waals surface area contributed by atoms with Gasteiger partial charge in [0.2, 0.25) is 23.5 Å². The van der Waals surface area contributed by atoms with Gasteiger partial charge in [0.15, 0.2) is 0 Å². The number of carbonyl (C=O) groups is 2. The van der Waals surface area contributed by atoms with Crippen molar-refractivity contribution in [2.45, 2.75) is 44.6 Å². The third-order valence-corrected chi connectivity index (χ3v) is 8.46. The molecular weight excluding hydrogens is 601 g/mol. The molecule has 5 N–H and O–H groups in total. The molecule has 0 aliphatic heterocycles. The van der Waals surface area contributed by atoms with E-state index in [-0.39, 0.29) is 18.2 Å². The molecule has 2 amide bonds. The fourth-order valence-corrected chi connectivity index (χ4v) is 5.71. The Labute approximate surface area is 273 Å². The van der Waals surface area contributed by atoms with Crippen molar-refractivity contribution in [2.24, 2.45) is 17.6 Å². The molecule has 0 spiro atoms. The van der Waals surface area contributed by atoms with Crippen LogP contribution < -0.4 is 21.1 Å². The Hall–Kier alpha value is -4.75. The van der Waals surface area contributed by atoms with Gasteiger partial charge in [-0.25, -0.2) is 9.37 Å². The molecule has 2 aromatic carbocycles. The molecule has 12 nitrogen and oxygen atoms in total. The average molecular weight is 644 g/mol. The van der Waals surface area contributed by atoms with Crippen molar-refractivity contribution < 1.29 is 18.7 Å². The number of benzene rings is 2. The van der Waals surface area contributed by atoms with Crippen LogP contribution >= 0.6 is 0 Å². The second kappa shape index (κ2) is 16.2. The predicted molar refractivity (Wildman–Crippen MR) is 177 cm³/mol. The Morgan fingerprint density at radius 3 is 2.47 bits per heavy atom. The van der Waals surface area contributed by atoms with Crippen LogP contribution in [0.15, 0.2) is 60.8 Å². The Kier molecular flexibility index (Phi) is 11.6. The highest BCUT2D eigenvalue weighted by Crippen LogP contribution is 2.29. The third-order valence-electron chi connectivity index (χ3n) is 8.46. The minimum atomic E-state index is -0.928. The summed E-state index contributed by atoms with van der Waals surface area (Å²) < 4.78 is 21.2. The SMILES string of the molecule is CN(C)CCCOc1ccc(-c2ccc(CC(NC(=O)C3CCC(CN)CC3)C(=O)Nc3ccc(-c4nn[nH]n4)cc3)cc2F)cn1. The lowest BCUT2D eigenvalue weighted by Gasteiger charge is -2.28. The number of aromatic nitrogens is 5. The van der Waals surface area contributed by atoms with E-state index in [4.69, 9.17) is 10.5 Å². The summed E-state index contributed by atoms with van der Waals surface area (Å²) in [6.07, 6.45) is 5.75. The van der Waals surface area contributed by atoms with Gasteiger partial charge in [-0.1, -0.05) is 12.1 Å². The summed E-state index contributed by atoms with van der Waals surface area (Å²) in [7, 11) is 4.01. The van der Waals surface area contributed by atoms with Gasteiger partial charge in [-0.05, 0) is 106 Å². The summed E-state index contributed by atoms with van der Waals surface area (Å²) >= 11 is 0. The van der Waals surface area contributed by atoms with Crippen molar-refractivity contribution in [3.8, 4) is 28.4 Å². The molecule has 2 heterocycles. The lowest BCUT2D eigenvalue weighted by molar-refractivity contribution is -0.130. The number of carbonyl (C=O) groups excluding carboxylic acids is 2. The molecule has 0 saturated heterocycles. The quantitative estimate of drug-likeness (QED) is 0.150. The summed E-state index contributed by atoms with van der Waals surface area (Å²) in [5.41, 5.74) is 8.64. The van der Waals surface area contributed by atoms with Gasteiger partial charge in [-0.2, -0.15) is 5.21 Å². The van der Waals surface area contributed by atoms with E-state index in [1.165, 1.54) is 6.07 Å². The Morgan fingerprint density at radius 2 is 1.83 bits per heavy atom. The number of amides is 2. The van der Waals surface area contributed by atoms with Crippen LogP contribution in [0.5, 0.6) is 5.88 Å². The van der Waals surface area contributed by atoms with Crippen molar-refractivity contribution in [3.63, 3.8) is 0 Å². The number of nitrogens with zero attached hydrogens (tertiary/aromatic N) is 5. The summed E-state index contributed by atoms with van der Waals surface area (Å²) in [5, 5.41) is 19.8. The molecule has 13 heteroatoms. The minimum Gasteiger partial charge on any atom is -0.478 e. The average Bonchev–Trinajstić information content (AvgIpc) is 3.62. The van der Waals surface area contributed by atoms with Gasteiger partial charge in [-0.3, -0.25) is 9.59 Å². The number of hydrogen-bond acceptors (Lipinski definition) is 9. The van der Waals surface area contributed by atoms with Crippen molar-refractivity contribution in [2.75, 3.05) is 39.1 Å². The van der Waals surface area contributed by atoms with E-state index >= 15 is 4.39 Å². The van der Waals surface area contributed by atoms with Crippen molar-refractivity contribution in [3.05, 3.63) is 72.2 Å². The first kappa shape index (κ1) is 33.6. The van der Waals surface area contributed by atoms with Gasteiger partial charge in [0.05, 0.1) is 6.61 Å². The van der Waals surface area contributed by atoms with E-state index in [2.05, 4.69) is 41.1 Å². The van der Waals surface area contributed by atoms with Crippen LogP contribution in [0.25, 0.3) is 22.5 Å². The van der Waals surface area contributed by atoms with E-state index < -0.39 is 17.8 Å². The first-order chi connectivity index (χ1) is 22.8. The highest BCUT2D eigenvalue weighted by molar-refractivity contribution is 5.97. The monoisotopic (exact) mass is 643 g/mol. The second-order valence-corrected chi connectivity index (χ2v) is 12.2. The van der Waals surface area contributed by atoms with Crippen LogP contribution in [0.1, 0.15) is 37.7 Å². The summed E-state index contributed by atoms with van der Waals surface area (Å²) in [6, 6.07) is 14.4. The van der Waals surface area contributed by atoms with Gasteiger partial charge in [0.1, 0.15) is 11.9 Å². The molecule has 4 aromatic rings. The molecule has 47 heavy (non-hydrogen) atoms. The van der Waals surface area contributed by atoms with Gasteiger partial charge < -0.3 is 26.0 Å². The van der Waals surface area contributed by atoms with Crippen molar-refractivity contribution in [1.29, 1.82) is 0 Å². The molecule has 1 aliphatic rings. The van der Waals surface area contributed by atoms with Crippen molar-refractivity contribution >= 4 is 17.5 Å². The number of tetrazole rings is 1.